The van der Waals surface area contributed by atoms with Crippen LogP contribution in [0.1, 0.15) is 11.6 Å². The highest BCUT2D eigenvalue weighted by Crippen LogP contribution is 2.21. The fraction of sp³-hybridized carbons (Fsp3) is 0.500. The SMILES string of the molecule is Cl.FC[C@@H](c1ccc(F)cc1)N1CCNCC1. The van der Waals surface area contributed by atoms with Gasteiger partial charge >= 0.3 is 0 Å². The maximum Gasteiger partial charge on any atom is 0.123 e. The molecular weight excluding hydrogens is 246 g/mol. The van der Waals surface area contributed by atoms with Crippen LogP contribution in [-0.4, -0.2) is 37.8 Å². The molecule has 96 valence electrons. The summed E-state index contributed by atoms with van der Waals surface area (Å²) in [6.07, 6.45) is 0. The van der Waals surface area contributed by atoms with Crippen LogP contribution in [0.25, 0.3) is 0 Å². The maximum absolute atomic E-state index is 13.1. The van der Waals surface area contributed by atoms with Crippen molar-refractivity contribution in [2.75, 3.05) is 32.9 Å². The first-order valence-corrected chi connectivity index (χ1v) is 5.57. The minimum atomic E-state index is -0.425. The van der Waals surface area contributed by atoms with Crippen LogP contribution in [0.15, 0.2) is 24.3 Å². The summed E-state index contributed by atoms with van der Waals surface area (Å²) in [5.41, 5.74) is 0.853. The van der Waals surface area contributed by atoms with Crippen LogP contribution in [-0.2, 0) is 0 Å². The summed E-state index contributed by atoms with van der Waals surface area (Å²) >= 11 is 0. The zero-order valence-corrected chi connectivity index (χ0v) is 10.4. The first kappa shape index (κ1) is 14.4. The number of rotatable bonds is 3. The molecule has 0 radical (unpaired) electrons. The fourth-order valence-corrected chi connectivity index (χ4v) is 2.08. The van der Waals surface area contributed by atoms with Gasteiger partial charge in [-0.15, -0.1) is 12.4 Å². The van der Waals surface area contributed by atoms with Gasteiger partial charge in [0.1, 0.15) is 12.5 Å². The van der Waals surface area contributed by atoms with Gasteiger partial charge < -0.3 is 5.32 Å². The van der Waals surface area contributed by atoms with Gasteiger partial charge in [0.15, 0.2) is 0 Å². The number of nitrogens with zero attached hydrogens (tertiary/aromatic N) is 1. The lowest BCUT2D eigenvalue weighted by Gasteiger charge is -2.33. The van der Waals surface area contributed by atoms with Crippen molar-refractivity contribution in [2.24, 2.45) is 0 Å². The summed E-state index contributed by atoms with van der Waals surface area (Å²) < 4.78 is 25.9. The molecule has 2 nitrogen and oxygen atoms in total. The molecule has 1 heterocycles. The van der Waals surface area contributed by atoms with Gasteiger partial charge in [-0.2, -0.15) is 0 Å². The van der Waals surface area contributed by atoms with Crippen molar-refractivity contribution in [3.63, 3.8) is 0 Å². The molecule has 1 aliphatic rings. The molecule has 0 amide bonds. The van der Waals surface area contributed by atoms with Gasteiger partial charge in [0.2, 0.25) is 0 Å². The molecule has 1 saturated heterocycles. The molecule has 1 aromatic carbocycles. The smallest absolute Gasteiger partial charge is 0.123 e. The van der Waals surface area contributed by atoms with Crippen molar-refractivity contribution in [1.82, 2.24) is 10.2 Å². The average molecular weight is 263 g/mol. The molecule has 0 spiro atoms. The van der Waals surface area contributed by atoms with E-state index in [1.165, 1.54) is 12.1 Å². The van der Waals surface area contributed by atoms with Crippen LogP contribution in [0.3, 0.4) is 0 Å². The summed E-state index contributed by atoms with van der Waals surface area (Å²) in [6, 6.07) is 5.88. The van der Waals surface area contributed by atoms with Crippen LogP contribution >= 0.6 is 12.4 Å². The molecule has 0 unspecified atom stereocenters. The van der Waals surface area contributed by atoms with E-state index >= 15 is 0 Å². The third-order valence-electron chi connectivity index (χ3n) is 2.99. The van der Waals surface area contributed by atoms with Crippen LogP contribution in [0, 0.1) is 5.82 Å². The van der Waals surface area contributed by atoms with Gasteiger partial charge in [0, 0.05) is 26.2 Å². The minimum Gasteiger partial charge on any atom is -0.314 e. The third-order valence-corrected chi connectivity index (χ3v) is 2.99. The molecule has 1 aliphatic heterocycles. The molecule has 0 aromatic heterocycles. The van der Waals surface area contributed by atoms with Crippen molar-refractivity contribution < 1.29 is 8.78 Å². The van der Waals surface area contributed by atoms with Crippen LogP contribution in [0.4, 0.5) is 8.78 Å². The van der Waals surface area contributed by atoms with E-state index < -0.39 is 6.67 Å². The second-order valence-corrected chi connectivity index (χ2v) is 4.01. The highest BCUT2D eigenvalue weighted by molar-refractivity contribution is 5.85. The Balaban J connectivity index is 0.00000144. The van der Waals surface area contributed by atoms with Gasteiger partial charge in [0.25, 0.3) is 0 Å². The Morgan fingerprint density at radius 1 is 1.18 bits per heavy atom. The number of alkyl halides is 1. The van der Waals surface area contributed by atoms with Crippen molar-refractivity contribution in [2.45, 2.75) is 6.04 Å². The summed E-state index contributed by atoms with van der Waals surface area (Å²) in [5.74, 6) is -0.276. The molecular formula is C12H17ClF2N2. The summed E-state index contributed by atoms with van der Waals surface area (Å²) in [6.45, 7) is 3.03. The van der Waals surface area contributed by atoms with E-state index in [1.54, 1.807) is 12.1 Å². The second kappa shape index (κ2) is 6.89. The van der Waals surface area contributed by atoms with E-state index in [0.717, 1.165) is 31.7 Å². The Morgan fingerprint density at radius 2 is 1.76 bits per heavy atom. The van der Waals surface area contributed by atoms with Crippen molar-refractivity contribution in [3.8, 4) is 0 Å². The van der Waals surface area contributed by atoms with Crippen molar-refractivity contribution in [3.05, 3.63) is 35.6 Å². The first-order valence-electron chi connectivity index (χ1n) is 5.57. The Kier molecular flexibility index (Phi) is 5.82. The summed E-state index contributed by atoms with van der Waals surface area (Å²) in [5, 5.41) is 3.23. The highest BCUT2D eigenvalue weighted by atomic mass is 35.5. The number of hydrogen-bond acceptors (Lipinski definition) is 2. The lowest BCUT2D eigenvalue weighted by atomic mass is 10.1. The Bertz CT molecular complexity index is 326. The third kappa shape index (κ3) is 3.63. The number of nitrogens with one attached hydrogen (secondary N) is 1. The van der Waals surface area contributed by atoms with Gasteiger partial charge in [-0.05, 0) is 17.7 Å². The molecule has 0 bridgehead atoms. The van der Waals surface area contributed by atoms with E-state index in [0.29, 0.717) is 0 Å². The van der Waals surface area contributed by atoms with Crippen molar-refractivity contribution >= 4 is 12.4 Å². The van der Waals surface area contributed by atoms with Gasteiger partial charge in [-0.3, -0.25) is 4.90 Å². The number of piperazine rings is 1. The fourth-order valence-electron chi connectivity index (χ4n) is 2.08. The lowest BCUT2D eigenvalue weighted by Crippen LogP contribution is -2.45. The van der Waals surface area contributed by atoms with Gasteiger partial charge in [-0.1, -0.05) is 12.1 Å². The molecule has 5 heteroatoms. The largest absolute Gasteiger partial charge is 0.314 e. The number of benzene rings is 1. The van der Waals surface area contributed by atoms with Crippen LogP contribution in [0.5, 0.6) is 0 Å². The van der Waals surface area contributed by atoms with Crippen LogP contribution in [0.2, 0.25) is 0 Å². The predicted molar refractivity (Wildman–Crippen MR) is 66.8 cm³/mol. The zero-order valence-electron chi connectivity index (χ0n) is 9.53. The lowest BCUT2D eigenvalue weighted by molar-refractivity contribution is 0.147. The quantitative estimate of drug-likeness (QED) is 0.898. The normalized spacial score (nSPS) is 18.5. The molecule has 1 aromatic rings. The highest BCUT2D eigenvalue weighted by Gasteiger charge is 2.21. The Labute approximate surface area is 106 Å². The monoisotopic (exact) mass is 262 g/mol. The molecule has 0 aliphatic carbocycles. The average Bonchev–Trinajstić information content (AvgIpc) is 2.34. The summed E-state index contributed by atoms with van der Waals surface area (Å²) in [4.78, 5) is 2.10. The molecule has 17 heavy (non-hydrogen) atoms. The second-order valence-electron chi connectivity index (χ2n) is 4.01. The maximum atomic E-state index is 13.1. The van der Waals surface area contributed by atoms with E-state index in [9.17, 15) is 8.78 Å². The molecule has 1 N–H and O–H groups in total. The van der Waals surface area contributed by atoms with Gasteiger partial charge in [0.05, 0.1) is 6.04 Å². The molecule has 1 atom stereocenters. The Morgan fingerprint density at radius 3 is 2.29 bits per heavy atom. The minimum absolute atomic E-state index is 0. The van der Waals surface area contributed by atoms with E-state index in [4.69, 9.17) is 0 Å². The Hall–Kier alpha value is -0.710. The first-order chi connectivity index (χ1) is 7.81. The topological polar surface area (TPSA) is 15.3 Å². The van der Waals surface area contributed by atoms with E-state index in [2.05, 4.69) is 10.2 Å². The van der Waals surface area contributed by atoms with E-state index in [-0.39, 0.29) is 24.3 Å². The summed E-state index contributed by atoms with van der Waals surface area (Å²) in [7, 11) is 0. The van der Waals surface area contributed by atoms with Gasteiger partial charge in [-0.25, -0.2) is 8.78 Å². The van der Waals surface area contributed by atoms with Crippen molar-refractivity contribution in [1.29, 1.82) is 0 Å². The number of hydrogen-bond donors (Lipinski definition) is 1. The zero-order chi connectivity index (χ0) is 11.4. The molecule has 1 fully saturated rings. The number of halogens is 3. The molecule has 0 saturated carbocycles. The standard InChI is InChI=1S/C12H16F2N2.ClH/c13-9-12(16-7-5-15-6-8-16)10-1-3-11(14)4-2-10;/h1-4,12,15H,5-9H2;1H/t12-;/m0./s1. The van der Waals surface area contributed by atoms with Crippen LogP contribution < -0.4 is 5.32 Å². The van der Waals surface area contributed by atoms with E-state index in [1.807, 2.05) is 0 Å². The predicted octanol–water partition coefficient (Wildman–Crippen LogP) is 2.16. The molecule has 2 rings (SSSR count).